The first-order valence-electron chi connectivity index (χ1n) is 12.0. The van der Waals surface area contributed by atoms with E-state index in [1.165, 1.54) is 0 Å². The van der Waals surface area contributed by atoms with Gasteiger partial charge in [0.05, 0.1) is 19.4 Å². The normalized spacial score (nSPS) is 13.9. The summed E-state index contributed by atoms with van der Waals surface area (Å²) in [5.41, 5.74) is 4.94. The van der Waals surface area contributed by atoms with Gasteiger partial charge < -0.3 is 15.0 Å². The van der Waals surface area contributed by atoms with Gasteiger partial charge in [0.2, 0.25) is 17.8 Å². The highest BCUT2D eigenvalue weighted by Crippen LogP contribution is 2.27. The van der Waals surface area contributed by atoms with Crippen molar-refractivity contribution in [3.05, 3.63) is 88.9 Å². The summed E-state index contributed by atoms with van der Waals surface area (Å²) in [7, 11) is 0. The van der Waals surface area contributed by atoms with Crippen LogP contribution in [-0.4, -0.2) is 47.5 Å². The lowest BCUT2D eigenvalue weighted by Crippen LogP contribution is -2.37. The van der Waals surface area contributed by atoms with Crippen LogP contribution in [0.3, 0.4) is 0 Å². The molecular formula is C28H24BrN7O. The molecule has 4 aromatic carbocycles. The Balaban J connectivity index is 1.34. The first-order chi connectivity index (χ1) is 18.2. The monoisotopic (exact) mass is 553 g/mol. The second-order valence-corrected chi connectivity index (χ2v) is 9.54. The average molecular weight is 554 g/mol. The maximum atomic E-state index is 5.50. The first-order valence-corrected chi connectivity index (χ1v) is 12.8. The summed E-state index contributed by atoms with van der Waals surface area (Å²) in [5.74, 6) is 1.36. The van der Waals surface area contributed by atoms with Crippen LogP contribution in [0.15, 0.2) is 88.4 Å². The molecule has 0 saturated carbocycles. The van der Waals surface area contributed by atoms with E-state index in [4.69, 9.17) is 4.74 Å². The van der Waals surface area contributed by atoms with Crippen LogP contribution >= 0.6 is 15.9 Å². The van der Waals surface area contributed by atoms with Crippen LogP contribution in [0.2, 0.25) is 0 Å². The van der Waals surface area contributed by atoms with Crippen molar-refractivity contribution in [2.24, 2.45) is 5.10 Å². The Morgan fingerprint density at radius 1 is 0.811 bits per heavy atom. The molecule has 0 aliphatic carbocycles. The molecule has 0 spiro atoms. The number of benzene rings is 4. The fraction of sp³-hybridized carbons (Fsp3) is 0.143. The lowest BCUT2D eigenvalue weighted by Gasteiger charge is -2.27. The third-order valence-electron chi connectivity index (χ3n) is 6.17. The van der Waals surface area contributed by atoms with Crippen molar-refractivity contribution in [1.82, 2.24) is 15.0 Å². The number of rotatable bonds is 6. The van der Waals surface area contributed by atoms with Gasteiger partial charge in [-0.2, -0.15) is 20.1 Å². The number of hydrogen-bond donors (Lipinski definition) is 2. The van der Waals surface area contributed by atoms with E-state index in [1.54, 1.807) is 0 Å². The molecule has 0 atom stereocenters. The van der Waals surface area contributed by atoms with Crippen molar-refractivity contribution >= 4 is 67.2 Å². The van der Waals surface area contributed by atoms with Gasteiger partial charge in [-0.3, -0.25) is 0 Å². The Labute approximate surface area is 222 Å². The van der Waals surface area contributed by atoms with Crippen molar-refractivity contribution in [3.8, 4) is 0 Å². The molecule has 1 aromatic heterocycles. The average Bonchev–Trinajstić information content (AvgIpc) is 2.93. The summed E-state index contributed by atoms with van der Waals surface area (Å²) in [6.07, 6.45) is 1.84. The number of nitrogens with zero attached hydrogens (tertiary/aromatic N) is 5. The Bertz CT molecular complexity index is 1550. The number of fused-ring (bicyclic) bond motifs is 2. The molecule has 1 fully saturated rings. The Morgan fingerprint density at radius 3 is 2.24 bits per heavy atom. The maximum absolute atomic E-state index is 5.50. The van der Waals surface area contributed by atoms with Gasteiger partial charge in [-0.25, -0.2) is 5.43 Å². The molecule has 0 amide bonds. The van der Waals surface area contributed by atoms with Crippen LogP contribution in [0.25, 0.3) is 21.5 Å². The highest BCUT2D eigenvalue weighted by Gasteiger charge is 2.17. The molecule has 0 unspecified atom stereocenters. The van der Waals surface area contributed by atoms with Crippen molar-refractivity contribution < 1.29 is 4.74 Å². The Morgan fingerprint density at radius 2 is 1.51 bits per heavy atom. The number of nitrogens with one attached hydrogen (secondary N) is 2. The van der Waals surface area contributed by atoms with Gasteiger partial charge in [-0.1, -0.05) is 70.5 Å². The van der Waals surface area contributed by atoms with E-state index in [1.807, 2.05) is 54.7 Å². The molecular weight excluding hydrogens is 530 g/mol. The molecule has 2 heterocycles. The van der Waals surface area contributed by atoms with Gasteiger partial charge in [0.1, 0.15) is 0 Å². The number of morpholine rings is 1. The molecule has 0 radical (unpaired) electrons. The van der Waals surface area contributed by atoms with E-state index in [0.717, 1.165) is 37.3 Å². The maximum Gasteiger partial charge on any atom is 0.250 e. The van der Waals surface area contributed by atoms with Crippen molar-refractivity contribution in [3.63, 3.8) is 0 Å². The molecule has 1 aliphatic heterocycles. The zero-order chi connectivity index (χ0) is 25.0. The number of hydrogen-bond acceptors (Lipinski definition) is 8. The van der Waals surface area contributed by atoms with Crippen LogP contribution < -0.4 is 15.6 Å². The molecule has 1 saturated heterocycles. The minimum atomic E-state index is 0.356. The van der Waals surface area contributed by atoms with Crippen LogP contribution in [0.5, 0.6) is 0 Å². The van der Waals surface area contributed by atoms with Crippen LogP contribution in [0, 0.1) is 0 Å². The number of ether oxygens (including phenoxy) is 1. The summed E-state index contributed by atoms with van der Waals surface area (Å²) < 4.78 is 6.47. The summed E-state index contributed by atoms with van der Waals surface area (Å²) in [6, 6.07) is 26.7. The minimum Gasteiger partial charge on any atom is -0.378 e. The number of aromatic nitrogens is 3. The third kappa shape index (κ3) is 5.23. The van der Waals surface area contributed by atoms with Gasteiger partial charge in [-0.15, -0.1) is 0 Å². The SMILES string of the molecule is Brc1cccc(Nc2nc(N/N=C\c3c4ccccc4cc4ccccc34)nc(N3CCOCC3)n2)c1. The number of hydrazone groups is 1. The molecule has 8 nitrogen and oxygen atoms in total. The number of anilines is 4. The van der Waals surface area contributed by atoms with E-state index in [9.17, 15) is 0 Å². The predicted octanol–water partition coefficient (Wildman–Crippen LogP) is 5.97. The molecule has 5 aromatic rings. The quantitative estimate of drug-likeness (QED) is 0.152. The molecule has 9 heteroatoms. The Kier molecular flexibility index (Phi) is 6.62. The summed E-state index contributed by atoms with van der Waals surface area (Å²) in [4.78, 5) is 16.0. The zero-order valence-electron chi connectivity index (χ0n) is 19.9. The van der Waals surface area contributed by atoms with Crippen LogP contribution in [-0.2, 0) is 4.74 Å². The van der Waals surface area contributed by atoms with Gasteiger partial charge in [0, 0.05) is 28.8 Å². The summed E-state index contributed by atoms with van der Waals surface area (Å²) >= 11 is 3.51. The van der Waals surface area contributed by atoms with Gasteiger partial charge in [0.15, 0.2) is 0 Å². The summed E-state index contributed by atoms with van der Waals surface area (Å²) in [6.45, 7) is 2.69. The standard InChI is InChI=1S/C28H24BrN7O/c29-21-8-5-9-22(17-21)31-26-32-27(34-28(33-26)36-12-14-37-15-13-36)35-30-18-25-23-10-3-1-6-19(23)16-20-7-2-4-11-24(20)25/h1-11,16-18H,12-15H2,(H2,31,32,33,34,35)/b30-18-. The van der Waals surface area contributed by atoms with E-state index in [2.05, 4.69) is 82.0 Å². The lowest BCUT2D eigenvalue weighted by molar-refractivity contribution is 0.122. The van der Waals surface area contributed by atoms with Gasteiger partial charge >= 0.3 is 0 Å². The largest absolute Gasteiger partial charge is 0.378 e. The zero-order valence-corrected chi connectivity index (χ0v) is 21.5. The second-order valence-electron chi connectivity index (χ2n) is 8.62. The fourth-order valence-corrected chi connectivity index (χ4v) is 4.81. The van der Waals surface area contributed by atoms with E-state index in [-0.39, 0.29) is 0 Å². The highest BCUT2D eigenvalue weighted by molar-refractivity contribution is 9.10. The molecule has 6 rings (SSSR count). The van der Waals surface area contributed by atoms with E-state index in [0.29, 0.717) is 44.1 Å². The highest BCUT2D eigenvalue weighted by atomic mass is 79.9. The second kappa shape index (κ2) is 10.5. The van der Waals surface area contributed by atoms with Gasteiger partial charge in [0.25, 0.3) is 0 Å². The fourth-order valence-electron chi connectivity index (χ4n) is 4.41. The van der Waals surface area contributed by atoms with Crippen molar-refractivity contribution in [2.75, 3.05) is 41.9 Å². The van der Waals surface area contributed by atoms with E-state index >= 15 is 0 Å². The molecule has 1 aliphatic rings. The molecule has 2 N–H and O–H groups in total. The topological polar surface area (TPSA) is 87.6 Å². The smallest absolute Gasteiger partial charge is 0.250 e. The minimum absolute atomic E-state index is 0.356. The molecule has 184 valence electrons. The first kappa shape index (κ1) is 23.3. The van der Waals surface area contributed by atoms with Crippen molar-refractivity contribution in [2.45, 2.75) is 0 Å². The predicted molar refractivity (Wildman–Crippen MR) is 153 cm³/mol. The number of halogens is 1. The van der Waals surface area contributed by atoms with Gasteiger partial charge in [-0.05, 0) is 45.8 Å². The third-order valence-corrected chi connectivity index (χ3v) is 6.66. The molecule has 37 heavy (non-hydrogen) atoms. The van der Waals surface area contributed by atoms with Crippen LogP contribution in [0.4, 0.5) is 23.5 Å². The summed E-state index contributed by atoms with van der Waals surface area (Å²) in [5, 5.41) is 12.4. The van der Waals surface area contributed by atoms with Crippen LogP contribution in [0.1, 0.15) is 5.56 Å². The molecule has 0 bridgehead atoms. The van der Waals surface area contributed by atoms with E-state index < -0.39 is 0 Å². The lowest BCUT2D eigenvalue weighted by atomic mass is 9.97. The van der Waals surface area contributed by atoms with Crippen molar-refractivity contribution in [1.29, 1.82) is 0 Å². The Hall–Kier alpha value is -4.08.